The van der Waals surface area contributed by atoms with Crippen LogP contribution in [0.15, 0.2) is 0 Å². The first-order valence-electron chi connectivity index (χ1n) is 38.7. The average molecular weight is 1380 g/mol. The van der Waals surface area contributed by atoms with Gasteiger partial charge in [0.15, 0.2) is 12.2 Å². The Kier molecular flexibility index (Phi) is 63.1. The summed E-state index contributed by atoms with van der Waals surface area (Å²) >= 11 is 0. The van der Waals surface area contributed by atoms with Gasteiger partial charge in [-0.3, -0.25) is 37.3 Å². The van der Waals surface area contributed by atoms with E-state index >= 15 is 0 Å². The third kappa shape index (κ3) is 67.3. The molecule has 19 heteroatoms. The predicted octanol–water partition coefficient (Wildman–Crippen LogP) is 21.7. The van der Waals surface area contributed by atoms with Gasteiger partial charge in [-0.25, -0.2) is 9.13 Å². The summed E-state index contributed by atoms with van der Waals surface area (Å²) in [4.78, 5) is 72.8. The first-order valence-corrected chi connectivity index (χ1v) is 41.7. The Bertz CT molecular complexity index is 1850. The lowest BCUT2D eigenvalue weighted by atomic mass is 10.00. The number of phosphoric acid groups is 2. The molecule has 558 valence electrons. The number of ether oxygens (including phenoxy) is 4. The normalized spacial score (nSPS) is 14.4. The lowest BCUT2D eigenvalue weighted by Gasteiger charge is -2.21. The van der Waals surface area contributed by atoms with E-state index in [2.05, 4.69) is 55.4 Å². The number of phosphoric ester groups is 2. The maximum atomic E-state index is 13.1. The van der Waals surface area contributed by atoms with Gasteiger partial charge in [0.2, 0.25) is 0 Å². The van der Waals surface area contributed by atoms with Gasteiger partial charge in [-0.15, -0.1) is 0 Å². The highest BCUT2D eigenvalue weighted by atomic mass is 31.2. The van der Waals surface area contributed by atoms with E-state index in [0.29, 0.717) is 25.7 Å². The predicted molar refractivity (Wildman–Crippen MR) is 381 cm³/mol. The number of carbonyl (C=O) groups excluding carboxylic acids is 4. The summed E-state index contributed by atoms with van der Waals surface area (Å²) in [7, 11) is -9.91. The minimum Gasteiger partial charge on any atom is -0.462 e. The molecule has 94 heavy (non-hydrogen) atoms. The molecular weight excluding hydrogens is 1230 g/mol. The number of hydrogen-bond donors (Lipinski definition) is 3. The van der Waals surface area contributed by atoms with E-state index in [1.807, 2.05) is 0 Å². The van der Waals surface area contributed by atoms with Gasteiger partial charge >= 0.3 is 39.5 Å². The van der Waals surface area contributed by atoms with Crippen LogP contribution in [0.4, 0.5) is 0 Å². The van der Waals surface area contributed by atoms with Crippen LogP contribution in [0.25, 0.3) is 0 Å². The maximum Gasteiger partial charge on any atom is 0.472 e. The van der Waals surface area contributed by atoms with Crippen LogP contribution in [0.5, 0.6) is 0 Å². The number of esters is 4. The van der Waals surface area contributed by atoms with Crippen molar-refractivity contribution in [1.29, 1.82) is 0 Å². The van der Waals surface area contributed by atoms with Crippen LogP contribution in [0.3, 0.4) is 0 Å². The molecule has 0 aromatic carbocycles. The van der Waals surface area contributed by atoms with Crippen LogP contribution in [0.1, 0.15) is 376 Å². The van der Waals surface area contributed by atoms with E-state index in [9.17, 15) is 43.2 Å². The molecular formula is C75H146O17P2. The molecule has 0 fully saturated rings. The number of carbonyl (C=O) groups is 4. The Morgan fingerprint density at radius 1 is 0.298 bits per heavy atom. The van der Waals surface area contributed by atoms with Crippen molar-refractivity contribution in [3.63, 3.8) is 0 Å². The van der Waals surface area contributed by atoms with E-state index in [4.69, 9.17) is 37.0 Å². The zero-order valence-electron chi connectivity index (χ0n) is 61.6. The van der Waals surface area contributed by atoms with Gasteiger partial charge in [0, 0.05) is 25.7 Å². The number of hydrogen-bond acceptors (Lipinski definition) is 15. The van der Waals surface area contributed by atoms with Gasteiger partial charge in [0.1, 0.15) is 19.3 Å². The molecule has 17 nitrogen and oxygen atoms in total. The summed E-state index contributed by atoms with van der Waals surface area (Å²) in [6.07, 6.45) is 48.6. The van der Waals surface area contributed by atoms with Gasteiger partial charge in [-0.2, -0.15) is 0 Å². The van der Waals surface area contributed by atoms with Crippen molar-refractivity contribution in [3.8, 4) is 0 Å². The highest BCUT2D eigenvalue weighted by molar-refractivity contribution is 7.47. The van der Waals surface area contributed by atoms with Gasteiger partial charge < -0.3 is 33.8 Å². The molecule has 0 radical (unpaired) electrons. The van der Waals surface area contributed by atoms with E-state index < -0.39 is 97.5 Å². The third-order valence-electron chi connectivity index (χ3n) is 17.7. The summed E-state index contributed by atoms with van der Waals surface area (Å²) in [5.41, 5.74) is 0. The quantitative estimate of drug-likeness (QED) is 0.0222. The largest absolute Gasteiger partial charge is 0.472 e. The topological polar surface area (TPSA) is 237 Å². The lowest BCUT2D eigenvalue weighted by Crippen LogP contribution is -2.30. The fourth-order valence-corrected chi connectivity index (χ4v) is 12.9. The molecule has 0 rings (SSSR count). The fraction of sp³-hybridized carbons (Fsp3) is 0.947. The van der Waals surface area contributed by atoms with Gasteiger partial charge in [0.05, 0.1) is 26.4 Å². The zero-order chi connectivity index (χ0) is 69.6. The molecule has 3 unspecified atom stereocenters. The summed E-state index contributed by atoms with van der Waals surface area (Å²) in [6, 6.07) is 0. The van der Waals surface area contributed by atoms with Crippen molar-refractivity contribution in [2.75, 3.05) is 39.6 Å². The van der Waals surface area contributed by atoms with E-state index in [1.165, 1.54) is 173 Å². The second kappa shape index (κ2) is 64.4. The Morgan fingerprint density at radius 2 is 0.511 bits per heavy atom. The van der Waals surface area contributed by atoms with Crippen LogP contribution in [0.2, 0.25) is 0 Å². The van der Waals surface area contributed by atoms with E-state index in [0.717, 1.165) is 120 Å². The van der Waals surface area contributed by atoms with Crippen molar-refractivity contribution in [3.05, 3.63) is 0 Å². The molecule has 0 amide bonds. The van der Waals surface area contributed by atoms with Crippen LogP contribution in [0, 0.1) is 23.7 Å². The monoisotopic (exact) mass is 1380 g/mol. The van der Waals surface area contributed by atoms with Crippen molar-refractivity contribution in [1.82, 2.24) is 0 Å². The number of aliphatic hydroxyl groups excluding tert-OH is 1. The summed E-state index contributed by atoms with van der Waals surface area (Å²) in [5, 5.41) is 10.6. The number of aliphatic hydroxyl groups is 1. The maximum absolute atomic E-state index is 13.1. The summed E-state index contributed by atoms with van der Waals surface area (Å²) in [5.74, 6) is 0.918. The highest BCUT2D eigenvalue weighted by Gasteiger charge is 2.30. The van der Waals surface area contributed by atoms with Crippen LogP contribution in [-0.4, -0.2) is 96.7 Å². The summed E-state index contributed by atoms with van der Waals surface area (Å²) in [6.45, 7) is 14.2. The standard InChI is InChI=1S/C75H146O17P2/c1-9-68(8)54-46-38-33-34-40-48-56-73(78)86-62-71(92-75(80)58-50-42-32-26-20-23-29-37-45-53-67(6)7)64-90-94(83,84)88-60-69(76)59-87-93(81,82)89-63-70(61-85-72(77)55-47-39-30-24-19-15-17-22-28-36-44-52-66(4)5)91-74(79)57-49-41-31-25-18-14-12-10-11-13-16-21-27-35-43-51-65(2)3/h65-71,76H,9-64H2,1-8H3,(H,81,82)(H,83,84)/t68?,69-,70-,71-/m1/s1. The molecule has 0 heterocycles. The highest BCUT2D eigenvalue weighted by Crippen LogP contribution is 2.45. The average Bonchev–Trinajstić information content (AvgIpc) is 1.26. The molecule has 0 aliphatic heterocycles. The second-order valence-corrected chi connectivity index (χ2v) is 31.6. The Hall–Kier alpha value is -1.94. The molecule has 3 N–H and O–H groups in total. The molecule has 0 bridgehead atoms. The molecule has 0 aromatic rings. The van der Waals surface area contributed by atoms with Crippen molar-refractivity contribution in [2.45, 2.75) is 395 Å². The first kappa shape index (κ1) is 92.1. The molecule has 0 aromatic heterocycles. The Morgan fingerprint density at radius 3 is 0.755 bits per heavy atom. The van der Waals surface area contributed by atoms with Crippen molar-refractivity contribution in [2.24, 2.45) is 23.7 Å². The van der Waals surface area contributed by atoms with E-state index in [-0.39, 0.29) is 25.7 Å². The third-order valence-corrected chi connectivity index (χ3v) is 19.6. The molecule has 6 atom stereocenters. The number of rotatable bonds is 72. The first-order chi connectivity index (χ1) is 45.1. The minimum absolute atomic E-state index is 0.104. The van der Waals surface area contributed by atoms with Gasteiger partial charge in [-0.05, 0) is 49.4 Å². The molecule has 0 spiro atoms. The second-order valence-electron chi connectivity index (χ2n) is 28.7. The molecule has 0 aliphatic rings. The van der Waals surface area contributed by atoms with Gasteiger partial charge in [0.25, 0.3) is 0 Å². The van der Waals surface area contributed by atoms with Crippen LogP contribution < -0.4 is 0 Å². The SMILES string of the molecule is CCC(C)CCCCCCCCC(=O)OC[C@H](COP(=O)(O)OC[C@H](O)COP(=O)(O)OC[C@@H](COC(=O)CCCCCCCCCCCCCC(C)C)OC(=O)CCCCCCCCCCCCCCCCCC(C)C)OC(=O)CCCCCCCCCCCC(C)C. The smallest absolute Gasteiger partial charge is 0.462 e. The Labute approximate surface area is 575 Å². The van der Waals surface area contributed by atoms with Gasteiger partial charge in [-0.1, -0.05) is 325 Å². The molecule has 0 saturated carbocycles. The van der Waals surface area contributed by atoms with Crippen LogP contribution >= 0.6 is 15.6 Å². The zero-order valence-corrected chi connectivity index (χ0v) is 63.4. The molecule has 0 aliphatic carbocycles. The fourth-order valence-electron chi connectivity index (χ4n) is 11.3. The minimum atomic E-state index is -4.96. The van der Waals surface area contributed by atoms with Crippen molar-refractivity contribution >= 4 is 39.5 Å². The van der Waals surface area contributed by atoms with Crippen LogP contribution in [-0.2, 0) is 65.4 Å². The summed E-state index contributed by atoms with van der Waals surface area (Å²) < 4.78 is 68.5. The lowest BCUT2D eigenvalue weighted by molar-refractivity contribution is -0.161. The molecule has 0 saturated heterocycles. The van der Waals surface area contributed by atoms with E-state index in [1.54, 1.807) is 0 Å². The van der Waals surface area contributed by atoms with Crippen molar-refractivity contribution < 1.29 is 80.2 Å². The Balaban J connectivity index is 5.25. The number of unbranched alkanes of at least 4 members (excludes halogenated alkanes) is 37.